The van der Waals surface area contributed by atoms with Crippen molar-refractivity contribution in [2.75, 3.05) is 67.7 Å². The SMILES string of the molecule is CC(C)NC1CCN(c2ncc(-c3ccc(-n4cc(F)cn4)cc3O)nn2)C1.COCC(C)NC1CCN(c2ncc(-c3ccc(-c4cn[nH]c4)cc3O)nn2)C1.Oc1cc(-c2cn[nH]c2)ccc1-c1cnc(N2CC3CCCC3C2)nn1. The molecule has 9 heterocycles. The van der Waals surface area contributed by atoms with Gasteiger partial charge in [-0.3, -0.25) is 10.2 Å². The van der Waals surface area contributed by atoms with Crippen molar-refractivity contribution in [1.29, 1.82) is 0 Å². The van der Waals surface area contributed by atoms with E-state index in [0.717, 1.165) is 92.4 Å². The fraction of sp³-hybridized carbons (Fsp3) is 0.379. The van der Waals surface area contributed by atoms with Crippen LogP contribution in [0.25, 0.3) is 61.7 Å². The van der Waals surface area contributed by atoms with Crippen molar-refractivity contribution in [3.63, 3.8) is 0 Å². The summed E-state index contributed by atoms with van der Waals surface area (Å²) in [6.45, 7) is 12.6. The fourth-order valence-electron chi connectivity index (χ4n) is 11.3. The number of halogens is 1. The van der Waals surface area contributed by atoms with E-state index < -0.39 is 5.82 Å². The Hall–Kier alpha value is -9.07. The molecule has 13 rings (SSSR count). The molecule has 7 N–H and O–H groups in total. The zero-order valence-corrected chi connectivity index (χ0v) is 46.6. The molecule has 0 radical (unpaired) electrons. The lowest BCUT2D eigenvalue weighted by molar-refractivity contribution is 0.167. The van der Waals surface area contributed by atoms with E-state index in [1.165, 1.54) is 36.2 Å². The molecule has 0 spiro atoms. The number of hydrogen-bond acceptors (Lipinski definition) is 21. The van der Waals surface area contributed by atoms with Crippen LogP contribution in [0.1, 0.15) is 52.9 Å². The molecule has 430 valence electrons. The van der Waals surface area contributed by atoms with Crippen LogP contribution in [0.4, 0.5) is 22.2 Å². The monoisotopic (exact) mass is 1130 g/mol. The molecule has 0 amide bonds. The van der Waals surface area contributed by atoms with Crippen molar-refractivity contribution in [2.45, 2.75) is 77.0 Å². The van der Waals surface area contributed by atoms with Gasteiger partial charge in [0, 0.05) is 117 Å². The second-order valence-electron chi connectivity index (χ2n) is 21.7. The summed E-state index contributed by atoms with van der Waals surface area (Å²) >= 11 is 0. The minimum absolute atomic E-state index is 0.000344. The van der Waals surface area contributed by atoms with Gasteiger partial charge < -0.3 is 45.4 Å². The molecular formula is C58H67FN20O4. The Kier molecular flexibility index (Phi) is 17.1. The number of aromatic hydroxyl groups is 3. The van der Waals surface area contributed by atoms with E-state index >= 15 is 0 Å². The van der Waals surface area contributed by atoms with Crippen molar-refractivity contribution in [3.8, 4) is 79.0 Å². The summed E-state index contributed by atoms with van der Waals surface area (Å²) in [7, 11) is 1.71. The van der Waals surface area contributed by atoms with Crippen LogP contribution in [0.3, 0.4) is 0 Å². The molecule has 3 aromatic carbocycles. The zero-order chi connectivity index (χ0) is 57.4. The van der Waals surface area contributed by atoms with E-state index in [2.05, 4.69) is 117 Å². The number of hydrogen-bond donors (Lipinski definition) is 7. The van der Waals surface area contributed by atoms with E-state index in [1.54, 1.807) is 74.8 Å². The van der Waals surface area contributed by atoms with Crippen molar-refractivity contribution in [2.24, 2.45) is 11.8 Å². The Morgan fingerprint density at radius 1 is 0.578 bits per heavy atom. The number of benzene rings is 3. The first kappa shape index (κ1) is 55.8. The standard InChI is InChI=1S/C20H25N7O2.C19H22FN7O.C19H20N6O/c1-13(12-29-2)24-16-5-6-27(11-16)20-21-10-18(25-26-20)17-4-3-14(7-19(17)28)15-8-22-23-9-15;1-12(2)23-14-5-6-26(11-14)19-21-9-17(24-25-19)16-4-3-15(7-18(16)28)27-10-13(20)8-22-27;26-18-6-12(15-7-21-22-8-15)4-5-16(18)17-9-20-19(24-23-17)25-10-13-2-1-3-14(13)11-25/h3-4,7-10,13,16,24,28H,5-6,11-12H2,1-2H3,(H,22,23);3-4,7-10,12,14,23,28H,5-6,11H2,1-2H3;4-9,13-14,26H,1-3,10-11H2,(H,21,22). The summed E-state index contributed by atoms with van der Waals surface area (Å²) < 4.78 is 19.7. The first-order valence-electron chi connectivity index (χ1n) is 27.9. The van der Waals surface area contributed by atoms with Crippen LogP contribution in [-0.2, 0) is 4.74 Å². The molecule has 4 aliphatic rings. The van der Waals surface area contributed by atoms with Crippen molar-refractivity contribution >= 4 is 17.8 Å². The molecule has 5 atom stereocenters. The quantitative estimate of drug-likeness (QED) is 0.0552. The summed E-state index contributed by atoms with van der Waals surface area (Å²) in [6, 6.07) is 17.3. The minimum Gasteiger partial charge on any atom is -0.507 e. The van der Waals surface area contributed by atoms with Crippen LogP contribution in [-0.4, -0.2) is 168 Å². The van der Waals surface area contributed by atoms with Gasteiger partial charge in [-0.05, 0) is 92.0 Å². The van der Waals surface area contributed by atoms with E-state index in [0.29, 0.717) is 88.1 Å². The maximum absolute atomic E-state index is 13.1. The number of nitrogens with one attached hydrogen (secondary N) is 4. The van der Waals surface area contributed by atoms with Gasteiger partial charge in [-0.1, -0.05) is 32.4 Å². The average molecular weight is 1130 g/mol. The molecule has 83 heavy (non-hydrogen) atoms. The lowest BCUT2D eigenvalue weighted by Gasteiger charge is -2.19. The highest BCUT2D eigenvalue weighted by Gasteiger charge is 2.37. The lowest BCUT2D eigenvalue weighted by atomic mass is 10.0. The summed E-state index contributed by atoms with van der Waals surface area (Å²) in [5.41, 5.74) is 7.44. The van der Waals surface area contributed by atoms with Gasteiger partial charge in [0.15, 0.2) is 5.82 Å². The largest absolute Gasteiger partial charge is 0.507 e. The zero-order valence-electron chi connectivity index (χ0n) is 46.6. The molecule has 25 heteroatoms. The highest BCUT2D eigenvalue weighted by molar-refractivity contribution is 5.75. The Balaban J connectivity index is 0.000000130. The fourth-order valence-corrected chi connectivity index (χ4v) is 11.3. The molecule has 24 nitrogen and oxygen atoms in total. The topological polar surface area (TPSA) is 295 Å². The van der Waals surface area contributed by atoms with Crippen molar-refractivity contribution in [1.82, 2.24) is 86.4 Å². The van der Waals surface area contributed by atoms with Gasteiger partial charge in [-0.25, -0.2) is 24.0 Å². The Labute approximate surface area is 478 Å². The smallest absolute Gasteiger partial charge is 0.245 e. The van der Waals surface area contributed by atoms with Crippen molar-refractivity contribution in [3.05, 3.63) is 116 Å². The molecule has 1 saturated carbocycles. The van der Waals surface area contributed by atoms with Crippen LogP contribution in [0.2, 0.25) is 0 Å². The second-order valence-corrected chi connectivity index (χ2v) is 21.7. The molecular weight excluding hydrogens is 1060 g/mol. The van der Waals surface area contributed by atoms with Crippen molar-refractivity contribution < 1.29 is 24.4 Å². The second kappa shape index (κ2) is 25.4. The number of aromatic amines is 2. The molecule has 3 aliphatic heterocycles. The summed E-state index contributed by atoms with van der Waals surface area (Å²) in [6.07, 6.45) is 20.4. The van der Waals surface area contributed by atoms with Crippen LogP contribution in [0.15, 0.2) is 110 Å². The average Bonchev–Trinajstić information content (AvgIpc) is 4.58. The maximum atomic E-state index is 13.1. The number of ether oxygens (including phenoxy) is 1. The predicted octanol–water partition coefficient (Wildman–Crippen LogP) is 6.85. The van der Waals surface area contributed by atoms with E-state index in [4.69, 9.17) is 4.74 Å². The highest BCUT2D eigenvalue weighted by atomic mass is 19.1. The van der Waals surface area contributed by atoms with Crippen LogP contribution < -0.4 is 25.3 Å². The van der Waals surface area contributed by atoms with E-state index in [9.17, 15) is 19.7 Å². The van der Waals surface area contributed by atoms with Gasteiger partial charge >= 0.3 is 0 Å². The summed E-state index contributed by atoms with van der Waals surface area (Å²) in [5.74, 6) is 3.30. The van der Waals surface area contributed by atoms with Gasteiger partial charge in [-0.15, -0.1) is 30.6 Å². The number of methoxy groups -OCH3 is 1. The van der Waals surface area contributed by atoms with E-state index in [1.807, 2.05) is 24.3 Å². The maximum Gasteiger partial charge on any atom is 0.245 e. The Bertz CT molecular complexity index is 3520. The van der Waals surface area contributed by atoms with Crippen LogP contribution in [0.5, 0.6) is 17.2 Å². The molecule has 3 saturated heterocycles. The predicted molar refractivity (Wildman–Crippen MR) is 310 cm³/mol. The molecule has 0 bridgehead atoms. The number of fused-ring (bicyclic) bond motifs is 1. The molecule has 4 fully saturated rings. The minimum atomic E-state index is -0.443. The van der Waals surface area contributed by atoms with Crippen LogP contribution >= 0.6 is 0 Å². The first-order chi connectivity index (χ1) is 40.4. The Morgan fingerprint density at radius 3 is 1.49 bits per heavy atom. The number of anilines is 3. The third-order valence-electron chi connectivity index (χ3n) is 15.4. The normalized spacial score (nSPS) is 18.7. The Morgan fingerprint density at radius 2 is 1.07 bits per heavy atom. The van der Waals surface area contributed by atoms with Gasteiger partial charge in [0.2, 0.25) is 17.8 Å². The van der Waals surface area contributed by atoms with Gasteiger partial charge in [0.25, 0.3) is 0 Å². The molecule has 5 unspecified atom stereocenters. The lowest BCUT2D eigenvalue weighted by Crippen LogP contribution is -2.40. The highest BCUT2D eigenvalue weighted by Crippen LogP contribution is 2.39. The summed E-state index contributed by atoms with van der Waals surface area (Å²) in [5, 5.41) is 81.2. The first-order valence-corrected chi connectivity index (χ1v) is 27.9. The van der Waals surface area contributed by atoms with Gasteiger partial charge in [0.05, 0.1) is 55.7 Å². The number of phenolic OH excluding ortho intramolecular Hbond substituents is 3. The van der Waals surface area contributed by atoms with Gasteiger partial charge in [0.1, 0.15) is 34.3 Å². The van der Waals surface area contributed by atoms with Crippen LogP contribution in [0, 0.1) is 17.7 Å². The number of nitrogens with zero attached hydrogens (tertiary/aromatic N) is 16. The number of aromatic nitrogens is 15. The number of H-pyrrole nitrogens is 2. The third-order valence-corrected chi connectivity index (χ3v) is 15.4. The van der Waals surface area contributed by atoms with E-state index in [-0.39, 0.29) is 17.2 Å². The number of rotatable bonds is 15. The third kappa shape index (κ3) is 13.3. The number of phenols is 3. The molecule has 6 aromatic heterocycles. The van der Waals surface area contributed by atoms with Gasteiger partial charge in [-0.2, -0.15) is 15.3 Å². The molecule has 1 aliphatic carbocycles. The molecule has 9 aromatic rings. The summed E-state index contributed by atoms with van der Waals surface area (Å²) in [4.78, 5) is 19.9.